The third-order valence-electron chi connectivity index (χ3n) is 4.89. The molecule has 1 aromatic heterocycles. The highest BCUT2D eigenvalue weighted by Gasteiger charge is 2.18. The Labute approximate surface area is 176 Å². The van der Waals surface area contributed by atoms with E-state index in [1.54, 1.807) is 0 Å². The second kappa shape index (κ2) is 11.0. The van der Waals surface area contributed by atoms with Crippen LogP contribution in [0.2, 0.25) is 0 Å². The zero-order chi connectivity index (χ0) is 20.5. The highest BCUT2D eigenvalue weighted by Crippen LogP contribution is 2.18. The molecule has 0 aliphatic carbocycles. The fourth-order valence-corrected chi connectivity index (χ4v) is 3.89. The van der Waals surface area contributed by atoms with Crippen molar-refractivity contribution in [1.82, 2.24) is 14.8 Å². The van der Waals surface area contributed by atoms with Crippen molar-refractivity contribution < 1.29 is 9.53 Å². The first-order valence-electron chi connectivity index (χ1n) is 9.76. The number of hydrogen-bond acceptors (Lipinski definition) is 7. The van der Waals surface area contributed by atoms with Crippen molar-refractivity contribution in [2.75, 3.05) is 39.0 Å². The van der Waals surface area contributed by atoms with Crippen molar-refractivity contribution in [2.45, 2.75) is 24.6 Å². The molecule has 0 spiro atoms. The Morgan fingerprint density at radius 2 is 1.90 bits per heavy atom. The predicted molar refractivity (Wildman–Crippen MR) is 113 cm³/mol. The maximum Gasteiger partial charge on any atom is 0.320 e. The van der Waals surface area contributed by atoms with E-state index in [0.717, 1.165) is 55.4 Å². The standard InChI is InChI=1S/C22H26N4O2S/c1-29-22-19(14-23)8-9-20(24-22)15-25-10-5-11-26(13-12-25)16-21(27)28-17-18-6-3-2-4-7-18/h2-4,6-9H,5,10-13,15-17H2,1H3. The molecule has 0 unspecified atom stereocenters. The van der Waals surface area contributed by atoms with Crippen LogP contribution in [0.4, 0.5) is 0 Å². The summed E-state index contributed by atoms with van der Waals surface area (Å²) < 4.78 is 5.41. The van der Waals surface area contributed by atoms with E-state index in [1.807, 2.05) is 48.7 Å². The number of carbonyl (C=O) groups excluding carboxylic acids is 1. The van der Waals surface area contributed by atoms with E-state index in [1.165, 1.54) is 11.8 Å². The molecule has 0 atom stereocenters. The Morgan fingerprint density at radius 1 is 1.14 bits per heavy atom. The first kappa shape index (κ1) is 21.3. The van der Waals surface area contributed by atoms with E-state index in [2.05, 4.69) is 20.9 Å². The van der Waals surface area contributed by atoms with Gasteiger partial charge in [0.25, 0.3) is 0 Å². The molecule has 29 heavy (non-hydrogen) atoms. The maximum absolute atomic E-state index is 12.2. The van der Waals surface area contributed by atoms with Crippen LogP contribution in [-0.4, -0.2) is 59.7 Å². The summed E-state index contributed by atoms with van der Waals surface area (Å²) in [5.41, 5.74) is 2.60. The van der Waals surface area contributed by atoms with E-state index in [9.17, 15) is 4.79 Å². The third kappa shape index (κ3) is 6.57. The fourth-order valence-electron chi connectivity index (χ4n) is 3.34. The van der Waals surface area contributed by atoms with Gasteiger partial charge in [0.1, 0.15) is 17.7 Å². The minimum Gasteiger partial charge on any atom is -0.460 e. The SMILES string of the molecule is CSc1nc(CN2CCCN(CC(=O)OCc3ccccc3)CC2)ccc1C#N. The smallest absolute Gasteiger partial charge is 0.320 e. The third-order valence-corrected chi connectivity index (χ3v) is 5.59. The van der Waals surface area contributed by atoms with Crippen LogP contribution >= 0.6 is 11.8 Å². The molecule has 7 heteroatoms. The Hall–Kier alpha value is -2.40. The second-order valence-corrected chi connectivity index (χ2v) is 7.82. The Bertz CT molecular complexity index is 854. The lowest BCUT2D eigenvalue weighted by Crippen LogP contribution is -2.34. The molecule has 0 bridgehead atoms. The lowest BCUT2D eigenvalue weighted by molar-refractivity contribution is -0.146. The van der Waals surface area contributed by atoms with Gasteiger partial charge in [-0.1, -0.05) is 30.3 Å². The van der Waals surface area contributed by atoms with Crippen molar-refractivity contribution in [2.24, 2.45) is 0 Å². The number of hydrogen-bond donors (Lipinski definition) is 0. The van der Waals surface area contributed by atoms with Gasteiger partial charge in [0.2, 0.25) is 0 Å². The van der Waals surface area contributed by atoms with Crippen molar-refractivity contribution in [3.8, 4) is 6.07 Å². The number of ether oxygens (including phenoxy) is 1. The Balaban J connectivity index is 1.46. The molecule has 3 rings (SSSR count). The molecular weight excluding hydrogens is 384 g/mol. The minimum absolute atomic E-state index is 0.180. The summed E-state index contributed by atoms with van der Waals surface area (Å²) in [5.74, 6) is -0.180. The summed E-state index contributed by atoms with van der Waals surface area (Å²) in [5, 5.41) is 9.93. The van der Waals surface area contributed by atoms with Crippen molar-refractivity contribution in [3.63, 3.8) is 0 Å². The van der Waals surface area contributed by atoms with Crippen LogP contribution in [0.1, 0.15) is 23.2 Å². The molecule has 152 valence electrons. The van der Waals surface area contributed by atoms with Gasteiger partial charge in [-0.15, -0.1) is 11.8 Å². The number of rotatable bonds is 7. The number of esters is 1. The van der Waals surface area contributed by atoms with Crippen LogP contribution in [0.25, 0.3) is 0 Å². The molecule has 0 amide bonds. The Morgan fingerprint density at radius 3 is 2.66 bits per heavy atom. The van der Waals surface area contributed by atoms with Gasteiger partial charge < -0.3 is 4.74 Å². The van der Waals surface area contributed by atoms with E-state index in [-0.39, 0.29) is 5.97 Å². The van der Waals surface area contributed by atoms with Crippen LogP contribution in [0.5, 0.6) is 0 Å². The summed E-state index contributed by atoms with van der Waals surface area (Å²) in [4.78, 5) is 21.3. The normalized spacial score (nSPS) is 15.4. The highest BCUT2D eigenvalue weighted by atomic mass is 32.2. The van der Waals surface area contributed by atoms with Crippen LogP contribution in [0.3, 0.4) is 0 Å². The molecule has 1 aliphatic rings. The van der Waals surface area contributed by atoms with Gasteiger partial charge >= 0.3 is 5.97 Å². The van der Waals surface area contributed by atoms with Crippen molar-refractivity contribution >= 4 is 17.7 Å². The Kier molecular flexibility index (Phi) is 8.05. The summed E-state index contributed by atoms with van der Waals surface area (Å²) in [6, 6.07) is 15.7. The van der Waals surface area contributed by atoms with Crippen molar-refractivity contribution in [1.29, 1.82) is 5.26 Å². The van der Waals surface area contributed by atoms with Gasteiger partial charge in [-0.2, -0.15) is 5.26 Å². The topological polar surface area (TPSA) is 69.5 Å². The average Bonchev–Trinajstić information content (AvgIpc) is 2.98. The second-order valence-electron chi connectivity index (χ2n) is 7.02. The summed E-state index contributed by atoms with van der Waals surface area (Å²) in [6.45, 7) is 4.95. The van der Waals surface area contributed by atoms with Gasteiger partial charge in [0, 0.05) is 26.2 Å². The molecule has 0 saturated carbocycles. The molecule has 1 aliphatic heterocycles. The number of pyridine rings is 1. The van der Waals surface area contributed by atoms with E-state index >= 15 is 0 Å². The van der Waals surface area contributed by atoms with Crippen molar-refractivity contribution in [3.05, 3.63) is 59.3 Å². The molecule has 2 heterocycles. The molecule has 1 fully saturated rings. The molecule has 6 nitrogen and oxygen atoms in total. The fraction of sp³-hybridized carbons (Fsp3) is 0.409. The number of nitriles is 1. The highest BCUT2D eigenvalue weighted by molar-refractivity contribution is 7.98. The molecule has 0 radical (unpaired) electrons. The molecule has 0 N–H and O–H groups in total. The maximum atomic E-state index is 12.2. The number of thioether (sulfide) groups is 1. The first-order valence-corrected chi connectivity index (χ1v) is 11.0. The number of carbonyl (C=O) groups is 1. The summed E-state index contributed by atoms with van der Waals surface area (Å²) in [7, 11) is 0. The number of benzene rings is 1. The van der Waals surface area contributed by atoms with Gasteiger partial charge in [-0.25, -0.2) is 4.98 Å². The largest absolute Gasteiger partial charge is 0.460 e. The van der Waals surface area contributed by atoms with Crippen LogP contribution in [0, 0.1) is 11.3 Å². The first-order chi connectivity index (χ1) is 14.2. The number of aromatic nitrogens is 1. The van der Waals surface area contributed by atoms with Gasteiger partial charge in [0.05, 0.1) is 17.8 Å². The molecule has 1 aromatic carbocycles. The zero-order valence-corrected chi connectivity index (χ0v) is 17.5. The lowest BCUT2D eigenvalue weighted by atomic mass is 10.2. The van der Waals surface area contributed by atoms with E-state index < -0.39 is 0 Å². The monoisotopic (exact) mass is 410 g/mol. The quantitative estimate of drug-likeness (QED) is 0.513. The van der Waals surface area contributed by atoms with Crippen LogP contribution in [-0.2, 0) is 22.7 Å². The van der Waals surface area contributed by atoms with Gasteiger partial charge in [-0.3, -0.25) is 14.6 Å². The summed E-state index contributed by atoms with van der Waals surface area (Å²) >= 11 is 1.50. The minimum atomic E-state index is -0.180. The lowest BCUT2D eigenvalue weighted by Gasteiger charge is -2.21. The zero-order valence-electron chi connectivity index (χ0n) is 16.7. The molecule has 1 saturated heterocycles. The summed E-state index contributed by atoms with van der Waals surface area (Å²) in [6.07, 6.45) is 2.94. The average molecular weight is 411 g/mol. The number of nitrogens with zero attached hydrogens (tertiary/aromatic N) is 4. The van der Waals surface area contributed by atoms with Gasteiger partial charge in [-0.05, 0) is 36.9 Å². The van der Waals surface area contributed by atoms with E-state index in [4.69, 9.17) is 10.00 Å². The molecular formula is C22H26N4O2S. The van der Waals surface area contributed by atoms with Crippen LogP contribution < -0.4 is 0 Å². The molecule has 2 aromatic rings. The van der Waals surface area contributed by atoms with Crippen LogP contribution in [0.15, 0.2) is 47.5 Å². The van der Waals surface area contributed by atoms with E-state index in [0.29, 0.717) is 18.7 Å². The van der Waals surface area contributed by atoms with Gasteiger partial charge in [0.15, 0.2) is 0 Å². The predicted octanol–water partition coefficient (Wildman–Crippen LogP) is 2.93.